The van der Waals surface area contributed by atoms with Gasteiger partial charge in [-0.1, -0.05) is 18.2 Å². The first-order valence-electron chi connectivity index (χ1n) is 6.74. The predicted octanol–water partition coefficient (Wildman–Crippen LogP) is 2.63. The van der Waals surface area contributed by atoms with Gasteiger partial charge < -0.3 is 10.2 Å². The van der Waals surface area contributed by atoms with Crippen LogP contribution in [0.25, 0.3) is 10.9 Å². The van der Waals surface area contributed by atoms with Gasteiger partial charge in [-0.15, -0.1) is 24.0 Å². The Bertz CT molecular complexity index is 612. The van der Waals surface area contributed by atoms with Crippen LogP contribution >= 0.6 is 24.0 Å². The second-order valence-electron chi connectivity index (χ2n) is 4.67. The Balaban J connectivity index is 0.00000147. The fourth-order valence-corrected chi connectivity index (χ4v) is 2.36. The molecule has 3 rings (SSSR count). The van der Waals surface area contributed by atoms with E-state index in [-0.39, 0.29) is 24.0 Å². The molecular weight excluding hydrogens is 363 g/mol. The molecule has 4 nitrogen and oxygen atoms in total. The van der Waals surface area contributed by atoms with Gasteiger partial charge in [0, 0.05) is 31.2 Å². The highest BCUT2D eigenvalue weighted by molar-refractivity contribution is 14.0. The van der Waals surface area contributed by atoms with E-state index in [2.05, 4.69) is 51.4 Å². The smallest absolute Gasteiger partial charge is 0.194 e. The molecule has 0 fully saturated rings. The summed E-state index contributed by atoms with van der Waals surface area (Å²) in [5, 5.41) is 4.59. The summed E-state index contributed by atoms with van der Waals surface area (Å²) in [6.07, 6.45) is 1.83. The lowest BCUT2D eigenvalue weighted by atomic mass is 10.1. The Labute approximate surface area is 136 Å². The first-order chi connectivity index (χ1) is 9.36. The van der Waals surface area contributed by atoms with E-state index in [1.54, 1.807) is 0 Å². The first kappa shape index (κ1) is 15.0. The Morgan fingerprint density at radius 2 is 2.20 bits per heavy atom. The quantitative estimate of drug-likeness (QED) is 0.830. The molecule has 0 bridgehead atoms. The third-order valence-corrected chi connectivity index (χ3v) is 3.43. The van der Waals surface area contributed by atoms with Crippen LogP contribution in [0, 0.1) is 0 Å². The van der Waals surface area contributed by atoms with E-state index >= 15 is 0 Å². The minimum absolute atomic E-state index is 0. The molecule has 1 aromatic carbocycles. The standard InChI is InChI=1S/C15H18N4.HI/c1-2-19-9-8-17-15(19)18-11-12-5-6-13-4-3-7-16-14(13)10-12;/h3-7,10H,2,8-9,11H2,1H3,(H,17,18);1H. The van der Waals surface area contributed by atoms with Crippen LogP contribution in [0.1, 0.15) is 12.5 Å². The van der Waals surface area contributed by atoms with Crippen LogP contribution in [0.4, 0.5) is 0 Å². The molecule has 0 saturated carbocycles. The molecule has 0 aliphatic carbocycles. The van der Waals surface area contributed by atoms with Crippen LogP contribution in [-0.4, -0.2) is 35.5 Å². The number of nitrogens with one attached hydrogen (secondary N) is 1. The maximum atomic E-state index is 4.48. The number of pyridine rings is 1. The maximum Gasteiger partial charge on any atom is 0.194 e. The molecule has 0 spiro atoms. The molecule has 0 radical (unpaired) electrons. The summed E-state index contributed by atoms with van der Waals surface area (Å²) < 4.78 is 0. The summed E-state index contributed by atoms with van der Waals surface area (Å²) in [6.45, 7) is 5.88. The monoisotopic (exact) mass is 382 g/mol. The summed E-state index contributed by atoms with van der Waals surface area (Å²) >= 11 is 0. The molecule has 106 valence electrons. The zero-order chi connectivity index (χ0) is 13.1. The van der Waals surface area contributed by atoms with E-state index < -0.39 is 0 Å². The number of hydrogen-bond donors (Lipinski definition) is 1. The third-order valence-electron chi connectivity index (χ3n) is 3.43. The molecule has 1 aliphatic heterocycles. The normalized spacial score (nSPS) is 14.1. The fraction of sp³-hybridized carbons (Fsp3) is 0.333. The van der Waals surface area contributed by atoms with Crippen LogP contribution in [0.2, 0.25) is 0 Å². The van der Waals surface area contributed by atoms with Crippen molar-refractivity contribution in [3.05, 3.63) is 42.1 Å². The zero-order valence-corrected chi connectivity index (χ0v) is 13.9. The molecule has 5 heteroatoms. The van der Waals surface area contributed by atoms with E-state index in [9.17, 15) is 0 Å². The number of guanidine groups is 1. The SMILES string of the molecule is CCN1CCN=C1NCc1ccc2cccnc2c1.I. The molecular formula is C15H19IN4. The minimum atomic E-state index is 0. The van der Waals surface area contributed by atoms with E-state index in [1.165, 1.54) is 10.9 Å². The van der Waals surface area contributed by atoms with Crippen LogP contribution in [0.3, 0.4) is 0 Å². The molecule has 0 atom stereocenters. The number of nitrogens with zero attached hydrogens (tertiary/aromatic N) is 3. The van der Waals surface area contributed by atoms with Gasteiger partial charge in [-0.2, -0.15) is 0 Å². The van der Waals surface area contributed by atoms with Gasteiger partial charge in [0.2, 0.25) is 0 Å². The molecule has 0 amide bonds. The Kier molecular flexibility index (Phi) is 5.17. The summed E-state index contributed by atoms with van der Waals surface area (Å²) in [4.78, 5) is 11.1. The Morgan fingerprint density at radius 3 is 3.05 bits per heavy atom. The van der Waals surface area contributed by atoms with Gasteiger partial charge in [-0.3, -0.25) is 9.98 Å². The fourth-order valence-electron chi connectivity index (χ4n) is 2.36. The summed E-state index contributed by atoms with van der Waals surface area (Å²) in [5.41, 5.74) is 2.28. The van der Waals surface area contributed by atoms with Crippen molar-refractivity contribution in [1.82, 2.24) is 15.2 Å². The number of halogens is 1. The third kappa shape index (κ3) is 3.20. The number of aromatic nitrogens is 1. The van der Waals surface area contributed by atoms with Gasteiger partial charge in [-0.05, 0) is 24.6 Å². The van der Waals surface area contributed by atoms with E-state index in [0.717, 1.165) is 37.7 Å². The van der Waals surface area contributed by atoms with Gasteiger partial charge in [0.15, 0.2) is 5.96 Å². The summed E-state index contributed by atoms with van der Waals surface area (Å²) in [7, 11) is 0. The lowest BCUT2D eigenvalue weighted by Gasteiger charge is -2.18. The molecule has 20 heavy (non-hydrogen) atoms. The van der Waals surface area contributed by atoms with Gasteiger partial charge in [-0.25, -0.2) is 0 Å². The van der Waals surface area contributed by atoms with E-state index in [4.69, 9.17) is 0 Å². The minimum Gasteiger partial charge on any atom is -0.352 e. The average Bonchev–Trinajstić information content (AvgIpc) is 2.92. The van der Waals surface area contributed by atoms with Crippen molar-refractivity contribution in [2.45, 2.75) is 13.5 Å². The van der Waals surface area contributed by atoms with Crippen molar-refractivity contribution in [1.29, 1.82) is 0 Å². The zero-order valence-electron chi connectivity index (χ0n) is 11.5. The van der Waals surface area contributed by atoms with Gasteiger partial charge in [0.25, 0.3) is 0 Å². The number of hydrogen-bond acceptors (Lipinski definition) is 4. The van der Waals surface area contributed by atoms with E-state index in [0.29, 0.717) is 0 Å². The molecule has 0 saturated heterocycles. The van der Waals surface area contributed by atoms with Gasteiger partial charge >= 0.3 is 0 Å². The number of rotatable bonds is 3. The highest BCUT2D eigenvalue weighted by Crippen LogP contribution is 2.13. The van der Waals surface area contributed by atoms with Crippen molar-refractivity contribution in [2.24, 2.45) is 4.99 Å². The number of aliphatic imine (C=N–C) groups is 1. The number of likely N-dealkylation sites (N-methyl/N-ethyl adjacent to an activating group) is 1. The second-order valence-corrected chi connectivity index (χ2v) is 4.67. The molecule has 1 aromatic heterocycles. The maximum absolute atomic E-state index is 4.48. The van der Waals surface area contributed by atoms with Crippen LogP contribution in [0.5, 0.6) is 0 Å². The molecule has 1 aliphatic rings. The highest BCUT2D eigenvalue weighted by atomic mass is 127. The molecule has 2 aromatic rings. The molecule has 1 N–H and O–H groups in total. The summed E-state index contributed by atoms with van der Waals surface area (Å²) in [6, 6.07) is 10.4. The predicted molar refractivity (Wildman–Crippen MR) is 93.5 cm³/mol. The van der Waals surface area contributed by atoms with Crippen molar-refractivity contribution in [2.75, 3.05) is 19.6 Å². The Hall–Kier alpha value is -1.37. The largest absolute Gasteiger partial charge is 0.352 e. The number of benzene rings is 1. The van der Waals surface area contributed by atoms with Crippen molar-refractivity contribution in [3.63, 3.8) is 0 Å². The first-order valence-corrected chi connectivity index (χ1v) is 6.74. The van der Waals surface area contributed by atoms with Crippen LogP contribution < -0.4 is 5.32 Å². The van der Waals surface area contributed by atoms with Crippen LogP contribution in [0.15, 0.2) is 41.5 Å². The average molecular weight is 382 g/mol. The summed E-state index contributed by atoms with van der Waals surface area (Å²) in [5.74, 6) is 1.02. The van der Waals surface area contributed by atoms with Gasteiger partial charge in [0.05, 0.1) is 12.1 Å². The number of fused-ring (bicyclic) bond motifs is 1. The lowest BCUT2D eigenvalue weighted by Crippen LogP contribution is -2.37. The van der Waals surface area contributed by atoms with E-state index in [1.807, 2.05) is 12.3 Å². The van der Waals surface area contributed by atoms with Crippen molar-refractivity contribution < 1.29 is 0 Å². The molecule has 2 heterocycles. The van der Waals surface area contributed by atoms with Crippen molar-refractivity contribution in [3.8, 4) is 0 Å². The van der Waals surface area contributed by atoms with Crippen molar-refractivity contribution >= 4 is 40.8 Å². The highest BCUT2D eigenvalue weighted by Gasteiger charge is 2.13. The van der Waals surface area contributed by atoms with Crippen LogP contribution in [-0.2, 0) is 6.54 Å². The Morgan fingerprint density at radius 1 is 1.30 bits per heavy atom. The van der Waals surface area contributed by atoms with Gasteiger partial charge in [0.1, 0.15) is 0 Å². The second kappa shape index (κ2) is 6.88. The molecule has 0 unspecified atom stereocenters. The topological polar surface area (TPSA) is 40.5 Å². The lowest BCUT2D eigenvalue weighted by molar-refractivity contribution is 0.466.